The largest absolute Gasteiger partial charge is 0.495 e. The first kappa shape index (κ1) is 21.9. The van der Waals surface area contributed by atoms with Crippen LogP contribution in [0.2, 0.25) is 15.1 Å². The maximum Gasteiger partial charge on any atom is 0.293 e. The molecule has 0 atom stereocenters. The molecule has 2 heterocycles. The molecule has 0 aliphatic carbocycles. The van der Waals surface area contributed by atoms with Crippen molar-refractivity contribution in [1.29, 1.82) is 0 Å². The number of benzene rings is 2. The van der Waals surface area contributed by atoms with E-state index in [-0.39, 0.29) is 10.9 Å². The van der Waals surface area contributed by atoms with Crippen LogP contribution < -0.4 is 15.4 Å². The summed E-state index contributed by atoms with van der Waals surface area (Å²) >= 11 is 24.9. The van der Waals surface area contributed by atoms with E-state index >= 15 is 0 Å². The SMILES string of the molecule is COc1cc2sc(NC(=S)NC(=O)c3ccc(-c4cccc(Cl)c4Cl)o3)nc2cc1Cl. The third-order valence-electron chi connectivity index (χ3n) is 4.16. The van der Waals surface area contributed by atoms with Crippen molar-refractivity contribution >= 4 is 84.7 Å². The van der Waals surface area contributed by atoms with Gasteiger partial charge in [0.2, 0.25) is 0 Å². The molecule has 0 aliphatic heterocycles. The van der Waals surface area contributed by atoms with Crippen molar-refractivity contribution in [3.63, 3.8) is 0 Å². The number of thiazole rings is 1. The van der Waals surface area contributed by atoms with Crippen LogP contribution in [0, 0.1) is 0 Å². The first-order chi connectivity index (χ1) is 14.9. The molecule has 4 rings (SSSR count). The second-order valence-corrected chi connectivity index (χ2v) is 8.78. The van der Waals surface area contributed by atoms with Crippen LogP contribution in [0.15, 0.2) is 46.9 Å². The van der Waals surface area contributed by atoms with Gasteiger partial charge in [0.05, 0.1) is 32.4 Å². The Balaban J connectivity index is 1.46. The van der Waals surface area contributed by atoms with Crippen LogP contribution in [0.4, 0.5) is 5.13 Å². The molecule has 0 bridgehead atoms. The first-order valence-corrected chi connectivity index (χ1v) is 11.0. The van der Waals surface area contributed by atoms with Gasteiger partial charge in [-0.05, 0) is 42.5 Å². The molecule has 158 valence electrons. The second-order valence-electron chi connectivity index (χ2n) is 6.15. The summed E-state index contributed by atoms with van der Waals surface area (Å²) in [5.41, 5.74) is 1.26. The fraction of sp³-hybridized carbons (Fsp3) is 0.0500. The maximum absolute atomic E-state index is 12.5. The molecular weight excluding hydrogens is 501 g/mol. The summed E-state index contributed by atoms with van der Waals surface area (Å²) in [6.07, 6.45) is 0. The van der Waals surface area contributed by atoms with Crippen molar-refractivity contribution in [2.24, 2.45) is 0 Å². The quantitative estimate of drug-likeness (QED) is 0.298. The van der Waals surface area contributed by atoms with Crippen molar-refractivity contribution < 1.29 is 13.9 Å². The number of carbonyl (C=O) groups is 1. The van der Waals surface area contributed by atoms with Gasteiger partial charge in [-0.3, -0.25) is 10.1 Å². The van der Waals surface area contributed by atoms with Gasteiger partial charge >= 0.3 is 0 Å². The molecular formula is C20H12Cl3N3O3S2. The summed E-state index contributed by atoms with van der Waals surface area (Å²) in [6.45, 7) is 0. The first-order valence-electron chi connectivity index (χ1n) is 8.66. The van der Waals surface area contributed by atoms with Gasteiger partial charge in [0, 0.05) is 11.6 Å². The minimum absolute atomic E-state index is 0.0658. The van der Waals surface area contributed by atoms with Crippen molar-refractivity contribution in [1.82, 2.24) is 10.3 Å². The lowest BCUT2D eigenvalue weighted by Crippen LogP contribution is -2.33. The number of nitrogens with one attached hydrogen (secondary N) is 2. The van der Waals surface area contributed by atoms with E-state index in [1.54, 1.807) is 36.4 Å². The number of rotatable bonds is 4. The minimum atomic E-state index is -0.521. The normalized spacial score (nSPS) is 10.8. The molecule has 2 N–H and O–H groups in total. The predicted octanol–water partition coefficient (Wildman–Crippen LogP) is 6.65. The third kappa shape index (κ3) is 4.63. The van der Waals surface area contributed by atoms with Crippen LogP contribution in [0.5, 0.6) is 5.75 Å². The highest BCUT2D eigenvalue weighted by molar-refractivity contribution is 7.80. The number of methoxy groups -OCH3 is 1. The van der Waals surface area contributed by atoms with Crippen molar-refractivity contribution in [3.8, 4) is 17.1 Å². The maximum atomic E-state index is 12.5. The lowest BCUT2D eigenvalue weighted by atomic mass is 10.2. The summed E-state index contributed by atoms with van der Waals surface area (Å²) in [5, 5.41) is 7.20. The van der Waals surface area contributed by atoms with Crippen LogP contribution in [-0.2, 0) is 0 Å². The lowest BCUT2D eigenvalue weighted by Gasteiger charge is -2.05. The van der Waals surface area contributed by atoms with E-state index in [4.69, 9.17) is 56.2 Å². The summed E-state index contributed by atoms with van der Waals surface area (Å²) in [6, 6.07) is 11.8. The molecule has 1 amide bonds. The van der Waals surface area contributed by atoms with Crippen LogP contribution in [0.1, 0.15) is 10.6 Å². The van der Waals surface area contributed by atoms with E-state index < -0.39 is 5.91 Å². The number of amides is 1. The molecule has 2 aromatic heterocycles. The van der Waals surface area contributed by atoms with Gasteiger partial charge < -0.3 is 14.5 Å². The molecule has 2 aromatic carbocycles. The number of halogens is 3. The number of ether oxygens (including phenoxy) is 1. The third-order valence-corrected chi connectivity index (χ3v) is 6.41. The van der Waals surface area contributed by atoms with Gasteiger partial charge in [-0.25, -0.2) is 4.98 Å². The summed E-state index contributed by atoms with van der Waals surface area (Å²) in [7, 11) is 1.54. The number of fused-ring (bicyclic) bond motifs is 1. The summed E-state index contributed by atoms with van der Waals surface area (Å²) < 4.78 is 11.7. The fourth-order valence-corrected chi connectivity index (χ4v) is 4.49. The zero-order valence-electron chi connectivity index (χ0n) is 15.7. The van der Waals surface area contributed by atoms with Gasteiger partial charge in [0.25, 0.3) is 5.91 Å². The van der Waals surface area contributed by atoms with Crippen LogP contribution in [-0.4, -0.2) is 23.1 Å². The van der Waals surface area contributed by atoms with Crippen molar-refractivity contribution in [2.45, 2.75) is 0 Å². The molecule has 0 radical (unpaired) electrons. The number of carbonyl (C=O) groups excluding carboxylic acids is 1. The van der Waals surface area contributed by atoms with Crippen molar-refractivity contribution in [2.75, 3.05) is 12.4 Å². The predicted molar refractivity (Wildman–Crippen MR) is 129 cm³/mol. The fourth-order valence-electron chi connectivity index (χ4n) is 2.73. The molecule has 0 fully saturated rings. The Morgan fingerprint density at radius 2 is 1.97 bits per heavy atom. The van der Waals surface area contributed by atoms with Gasteiger partial charge in [-0.2, -0.15) is 0 Å². The smallest absolute Gasteiger partial charge is 0.293 e. The molecule has 0 spiro atoms. The Morgan fingerprint density at radius 1 is 1.16 bits per heavy atom. The Morgan fingerprint density at radius 3 is 2.74 bits per heavy atom. The monoisotopic (exact) mass is 511 g/mol. The van der Waals surface area contributed by atoms with E-state index in [2.05, 4.69) is 15.6 Å². The number of hydrogen-bond acceptors (Lipinski definition) is 6. The average molecular weight is 513 g/mol. The second kappa shape index (κ2) is 9.02. The van der Waals surface area contributed by atoms with E-state index in [1.807, 2.05) is 0 Å². The number of aromatic nitrogens is 1. The highest BCUT2D eigenvalue weighted by Crippen LogP contribution is 2.35. The number of anilines is 1. The van der Waals surface area contributed by atoms with Gasteiger partial charge in [0.1, 0.15) is 11.5 Å². The van der Waals surface area contributed by atoms with Crippen LogP contribution in [0.25, 0.3) is 21.5 Å². The van der Waals surface area contributed by atoms with Crippen LogP contribution >= 0.6 is 58.4 Å². The highest BCUT2D eigenvalue weighted by atomic mass is 35.5. The Kier molecular flexibility index (Phi) is 6.36. The van der Waals surface area contributed by atoms with E-state index in [0.717, 1.165) is 4.70 Å². The molecule has 6 nitrogen and oxygen atoms in total. The topological polar surface area (TPSA) is 76.4 Å². The van der Waals surface area contributed by atoms with Gasteiger partial charge in [0.15, 0.2) is 16.0 Å². The molecule has 0 saturated carbocycles. The summed E-state index contributed by atoms with van der Waals surface area (Å²) in [4.78, 5) is 16.9. The number of nitrogens with zero attached hydrogens (tertiary/aromatic N) is 1. The van der Waals surface area contributed by atoms with E-state index in [1.165, 1.54) is 24.5 Å². The van der Waals surface area contributed by atoms with Gasteiger partial charge in [-0.15, -0.1) is 0 Å². The highest BCUT2D eigenvalue weighted by Gasteiger charge is 2.17. The molecule has 0 aliphatic rings. The summed E-state index contributed by atoms with van der Waals surface area (Å²) in [5.74, 6) is 0.505. The number of thiocarbonyl (C=S) groups is 1. The lowest BCUT2D eigenvalue weighted by molar-refractivity contribution is 0.0951. The number of hydrogen-bond donors (Lipinski definition) is 2. The molecule has 31 heavy (non-hydrogen) atoms. The van der Waals surface area contributed by atoms with E-state index in [0.29, 0.717) is 42.8 Å². The average Bonchev–Trinajstić information content (AvgIpc) is 3.36. The zero-order valence-corrected chi connectivity index (χ0v) is 19.6. The Labute approximate surface area is 201 Å². The van der Waals surface area contributed by atoms with Gasteiger partial charge in [-0.1, -0.05) is 52.2 Å². The standard InChI is InChI=1S/C20H12Cl3N3O3S2/c1-28-15-8-16-12(7-11(15)22)24-20(31-16)26-19(30)25-18(27)14-6-5-13(29-14)9-3-2-4-10(21)17(9)23/h2-8H,1H3,(H2,24,25,26,27,30). The van der Waals surface area contributed by atoms with E-state index in [9.17, 15) is 4.79 Å². The van der Waals surface area contributed by atoms with Crippen LogP contribution in [0.3, 0.4) is 0 Å². The molecule has 11 heteroatoms. The van der Waals surface area contributed by atoms with Crippen molar-refractivity contribution in [3.05, 3.63) is 63.3 Å². The zero-order chi connectivity index (χ0) is 22.1. The molecule has 4 aromatic rings. The molecule has 0 unspecified atom stereocenters. The number of furan rings is 1. The minimum Gasteiger partial charge on any atom is -0.495 e. The molecule has 0 saturated heterocycles. The Hall–Kier alpha value is -2.36. The Bertz CT molecular complexity index is 1320.